The monoisotopic (exact) mass is 382 g/mol. The molecule has 2 atom stereocenters. The van der Waals surface area contributed by atoms with Crippen LogP contribution < -0.4 is 4.74 Å². The summed E-state index contributed by atoms with van der Waals surface area (Å²) in [4.78, 5) is 12.6. The molecule has 4 rings (SSSR count). The van der Waals surface area contributed by atoms with Crippen LogP contribution >= 0.6 is 0 Å². The number of hydrogen-bond acceptors (Lipinski definition) is 4. The SMILES string of the molecule is O=C1Oc2ccccc2C(c2ccccc2)C1S(=O)(=O)c1ccc(F)cc1. The smallest absolute Gasteiger partial charge is 0.331 e. The average molecular weight is 382 g/mol. The summed E-state index contributed by atoms with van der Waals surface area (Å²) in [6.45, 7) is 0. The number of sulfone groups is 1. The number of benzene rings is 3. The second kappa shape index (κ2) is 6.63. The third-order valence-electron chi connectivity index (χ3n) is 4.63. The van der Waals surface area contributed by atoms with E-state index < -0.39 is 32.8 Å². The van der Waals surface area contributed by atoms with Gasteiger partial charge in [-0.3, -0.25) is 4.79 Å². The van der Waals surface area contributed by atoms with Gasteiger partial charge in [-0.05, 0) is 35.9 Å². The second-order valence-corrected chi connectivity index (χ2v) is 8.34. The maximum Gasteiger partial charge on any atom is 0.331 e. The number of rotatable bonds is 3. The van der Waals surface area contributed by atoms with Gasteiger partial charge in [0.15, 0.2) is 15.1 Å². The molecular formula is C21H15FO4S. The third-order valence-corrected chi connectivity index (χ3v) is 6.70. The molecule has 0 aromatic heterocycles. The standard InChI is InChI=1S/C21H15FO4S/c22-15-10-12-16(13-11-15)27(24,25)20-19(14-6-2-1-3-7-14)17-8-4-5-9-18(17)26-21(20)23/h1-13,19-20H. The zero-order chi connectivity index (χ0) is 19.0. The number of carbonyl (C=O) groups excluding carboxylic acids is 1. The molecule has 0 saturated carbocycles. The summed E-state index contributed by atoms with van der Waals surface area (Å²) >= 11 is 0. The Morgan fingerprint density at radius 1 is 0.815 bits per heavy atom. The Bertz CT molecular complexity index is 1090. The highest BCUT2D eigenvalue weighted by atomic mass is 32.2. The highest BCUT2D eigenvalue weighted by Crippen LogP contribution is 2.42. The summed E-state index contributed by atoms with van der Waals surface area (Å²) in [6.07, 6.45) is 0. The van der Waals surface area contributed by atoms with E-state index in [1.807, 2.05) is 6.07 Å². The fraction of sp³-hybridized carbons (Fsp3) is 0.0952. The van der Waals surface area contributed by atoms with Gasteiger partial charge in [-0.2, -0.15) is 0 Å². The van der Waals surface area contributed by atoms with Crippen molar-refractivity contribution in [2.45, 2.75) is 16.1 Å². The van der Waals surface area contributed by atoms with Crippen LogP contribution in [0.5, 0.6) is 5.75 Å². The van der Waals surface area contributed by atoms with Crippen LogP contribution in [0.2, 0.25) is 0 Å². The first-order valence-electron chi connectivity index (χ1n) is 8.33. The molecule has 2 unspecified atom stereocenters. The van der Waals surface area contributed by atoms with Crippen LogP contribution in [0.4, 0.5) is 4.39 Å². The summed E-state index contributed by atoms with van der Waals surface area (Å²) in [5.41, 5.74) is 1.32. The third kappa shape index (κ3) is 3.02. The van der Waals surface area contributed by atoms with Crippen molar-refractivity contribution in [3.8, 4) is 5.75 Å². The fourth-order valence-electron chi connectivity index (χ4n) is 3.39. The van der Waals surface area contributed by atoms with Gasteiger partial charge in [0.05, 0.1) is 4.90 Å². The number of fused-ring (bicyclic) bond motifs is 1. The lowest BCUT2D eigenvalue weighted by Gasteiger charge is -2.32. The molecule has 0 bridgehead atoms. The van der Waals surface area contributed by atoms with Crippen LogP contribution in [0.3, 0.4) is 0 Å². The van der Waals surface area contributed by atoms with Gasteiger partial charge in [-0.15, -0.1) is 0 Å². The predicted octanol–water partition coefficient (Wildman–Crippen LogP) is 3.72. The minimum absolute atomic E-state index is 0.119. The van der Waals surface area contributed by atoms with Crippen molar-refractivity contribution in [3.63, 3.8) is 0 Å². The maximum atomic E-state index is 13.3. The van der Waals surface area contributed by atoms with Gasteiger partial charge in [0, 0.05) is 11.5 Å². The van der Waals surface area contributed by atoms with Gasteiger partial charge < -0.3 is 4.74 Å². The summed E-state index contributed by atoms with van der Waals surface area (Å²) in [5, 5.41) is -1.46. The van der Waals surface area contributed by atoms with E-state index in [9.17, 15) is 17.6 Å². The van der Waals surface area contributed by atoms with Crippen molar-refractivity contribution < 1.29 is 22.3 Å². The average Bonchev–Trinajstić information content (AvgIpc) is 2.67. The van der Waals surface area contributed by atoms with Crippen molar-refractivity contribution in [3.05, 3.63) is 95.8 Å². The van der Waals surface area contributed by atoms with Crippen molar-refractivity contribution in [1.82, 2.24) is 0 Å². The molecule has 27 heavy (non-hydrogen) atoms. The van der Waals surface area contributed by atoms with E-state index in [0.717, 1.165) is 12.1 Å². The summed E-state index contributed by atoms with van der Waals surface area (Å²) < 4.78 is 45.1. The van der Waals surface area contributed by atoms with E-state index in [-0.39, 0.29) is 4.90 Å². The largest absolute Gasteiger partial charge is 0.425 e. The Hall–Kier alpha value is -2.99. The van der Waals surface area contributed by atoms with Crippen LogP contribution in [0.25, 0.3) is 0 Å². The van der Waals surface area contributed by atoms with Crippen LogP contribution in [0.1, 0.15) is 17.0 Å². The Labute approximate surface area is 156 Å². The van der Waals surface area contributed by atoms with E-state index in [1.165, 1.54) is 12.1 Å². The lowest BCUT2D eigenvalue weighted by molar-refractivity contribution is -0.135. The molecule has 3 aromatic carbocycles. The lowest BCUT2D eigenvalue weighted by Crippen LogP contribution is -2.42. The van der Waals surface area contributed by atoms with Crippen LogP contribution in [-0.2, 0) is 14.6 Å². The molecule has 1 aliphatic rings. The van der Waals surface area contributed by atoms with Crippen LogP contribution in [0, 0.1) is 5.82 Å². The highest BCUT2D eigenvalue weighted by Gasteiger charge is 2.47. The zero-order valence-corrected chi connectivity index (χ0v) is 14.9. The Morgan fingerprint density at radius 2 is 1.44 bits per heavy atom. The molecule has 1 aliphatic heterocycles. The lowest BCUT2D eigenvalue weighted by atomic mass is 9.86. The molecule has 136 valence electrons. The van der Waals surface area contributed by atoms with Gasteiger partial charge >= 0.3 is 5.97 Å². The van der Waals surface area contributed by atoms with Gasteiger partial charge in [-0.25, -0.2) is 12.8 Å². The Morgan fingerprint density at radius 3 is 2.15 bits per heavy atom. The van der Waals surface area contributed by atoms with Gasteiger partial charge in [-0.1, -0.05) is 48.5 Å². The molecule has 0 saturated heterocycles. The Balaban J connectivity index is 1.92. The van der Waals surface area contributed by atoms with Crippen molar-refractivity contribution in [2.75, 3.05) is 0 Å². The summed E-state index contributed by atoms with van der Waals surface area (Å²) in [6, 6.07) is 20.3. The maximum absolute atomic E-state index is 13.3. The quantitative estimate of drug-likeness (QED) is 0.394. The minimum atomic E-state index is -4.11. The van der Waals surface area contributed by atoms with Crippen molar-refractivity contribution in [2.24, 2.45) is 0 Å². The molecule has 4 nitrogen and oxygen atoms in total. The molecule has 0 aliphatic carbocycles. The second-order valence-electron chi connectivity index (χ2n) is 6.27. The van der Waals surface area contributed by atoms with Crippen molar-refractivity contribution in [1.29, 1.82) is 0 Å². The van der Waals surface area contributed by atoms with E-state index in [2.05, 4.69) is 0 Å². The number of esters is 1. The molecule has 0 radical (unpaired) electrons. The normalized spacial score (nSPS) is 19.2. The van der Waals surface area contributed by atoms with Crippen LogP contribution in [0.15, 0.2) is 83.8 Å². The van der Waals surface area contributed by atoms with Gasteiger partial charge in [0.2, 0.25) is 0 Å². The first-order valence-corrected chi connectivity index (χ1v) is 9.88. The molecule has 0 spiro atoms. The molecular weight excluding hydrogens is 367 g/mol. The first kappa shape index (κ1) is 17.4. The summed E-state index contributed by atoms with van der Waals surface area (Å²) in [5.74, 6) is -1.77. The number of ether oxygens (including phenoxy) is 1. The molecule has 0 fully saturated rings. The van der Waals surface area contributed by atoms with E-state index in [0.29, 0.717) is 16.9 Å². The Kier molecular flexibility index (Phi) is 4.28. The molecule has 3 aromatic rings. The summed E-state index contributed by atoms with van der Waals surface area (Å²) in [7, 11) is -4.11. The number of halogens is 1. The van der Waals surface area contributed by atoms with E-state index in [4.69, 9.17) is 4.74 Å². The van der Waals surface area contributed by atoms with Crippen LogP contribution in [-0.4, -0.2) is 19.6 Å². The highest BCUT2D eigenvalue weighted by molar-refractivity contribution is 7.92. The minimum Gasteiger partial charge on any atom is -0.425 e. The molecule has 0 amide bonds. The van der Waals surface area contributed by atoms with Gasteiger partial charge in [0.1, 0.15) is 11.6 Å². The number of carbonyl (C=O) groups is 1. The number of para-hydroxylation sites is 1. The predicted molar refractivity (Wildman–Crippen MR) is 97.7 cm³/mol. The molecule has 0 N–H and O–H groups in total. The topological polar surface area (TPSA) is 60.4 Å². The fourth-order valence-corrected chi connectivity index (χ4v) is 5.16. The zero-order valence-electron chi connectivity index (χ0n) is 14.1. The van der Waals surface area contributed by atoms with E-state index in [1.54, 1.807) is 48.5 Å². The number of hydrogen-bond donors (Lipinski definition) is 0. The van der Waals surface area contributed by atoms with Gasteiger partial charge in [0.25, 0.3) is 0 Å². The van der Waals surface area contributed by atoms with Crippen molar-refractivity contribution >= 4 is 15.8 Å². The molecule has 6 heteroatoms. The first-order chi connectivity index (χ1) is 13.0. The van der Waals surface area contributed by atoms with E-state index >= 15 is 0 Å². The molecule has 1 heterocycles.